The lowest BCUT2D eigenvalue weighted by Gasteiger charge is -2.10. The van der Waals surface area contributed by atoms with Crippen molar-refractivity contribution in [2.45, 2.75) is 6.18 Å². The second-order valence-electron chi connectivity index (χ2n) is 6.74. The van der Waals surface area contributed by atoms with Crippen molar-refractivity contribution in [1.82, 2.24) is 15.0 Å². The summed E-state index contributed by atoms with van der Waals surface area (Å²) in [5.74, 6) is 0.494. The van der Waals surface area contributed by atoms with E-state index in [0.717, 1.165) is 23.7 Å². The molecule has 166 valence electrons. The highest BCUT2D eigenvalue weighted by Gasteiger charge is 2.32. The smallest absolute Gasteiger partial charge is 0.324 e. The molecule has 3 aromatic carbocycles. The number of hydrogen-bond acceptors (Lipinski definition) is 7. The average Bonchev–Trinajstić information content (AvgIpc) is 2.80. The van der Waals surface area contributed by atoms with Gasteiger partial charge in [-0.25, -0.2) is 5.43 Å². The molecule has 0 aliphatic rings. The summed E-state index contributed by atoms with van der Waals surface area (Å²) < 4.78 is 39.6. The number of rotatable bonds is 7. The Morgan fingerprint density at radius 2 is 1.12 bits per heavy atom. The van der Waals surface area contributed by atoms with Gasteiger partial charge >= 0.3 is 6.18 Å². The van der Waals surface area contributed by atoms with Crippen molar-refractivity contribution in [1.29, 1.82) is 0 Å². The van der Waals surface area contributed by atoms with Crippen LogP contribution in [0.2, 0.25) is 0 Å². The Balaban J connectivity index is 1.59. The molecule has 4 aromatic rings. The molecule has 4 rings (SSSR count). The first-order chi connectivity index (χ1) is 16.0. The van der Waals surface area contributed by atoms with Crippen molar-refractivity contribution < 1.29 is 13.2 Å². The summed E-state index contributed by atoms with van der Waals surface area (Å²) in [6.45, 7) is 0. The molecule has 0 amide bonds. The van der Waals surface area contributed by atoms with Gasteiger partial charge in [0.15, 0.2) is 0 Å². The van der Waals surface area contributed by atoms with Crippen molar-refractivity contribution >= 4 is 35.4 Å². The third-order valence-electron chi connectivity index (χ3n) is 4.33. The molecule has 0 aliphatic heterocycles. The molecule has 0 aliphatic carbocycles. The minimum Gasteiger partial charge on any atom is -0.324 e. The molecule has 10 heteroatoms. The first-order valence-corrected chi connectivity index (χ1v) is 9.83. The quantitative estimate of drug-likeness (QED) is 0.243. The van der Waals surface area contributed by atoms with Crippen LogP contribution in [0.5, 0.6) is 0 Å². The van der Waals surface area contributed by atoms with E-state index in [4.69, 9.17) is 0 Å². The maximum Gasteiger partial charge on any atom is 0.417 e. The zero-order valence-electron chi connectivity index (χ0n) is 17.1. The van der Waals surface area contributed by atoms with Gasteiger partial charge in [0, 0.05) is 16.9 Å². The summed E-state index contributed by atoms with van der Waals surface area (Å²) >= 11 is 0. The van der Waals surface area contributed by atoms with E-state index in [1.165, 1.54) is 18.2 Å². The van der Waals surface area contributed by atoms with Gasteiger partial charge in [0.05, 0.1) is 11.8 Å². The second kappa shape index (κ2) is 9.77. The highest BCUT2D eigenvalue weighted by molar-refractivity contribution is 5.82. The van der Waals surface area contributed by atoms with Crippen LogP contribution in [0.4, 0.5) is 42.4 Å². The number of halogens is 3. The van der Waals surface area contributed by atoms with Crippen molar-refractivity contribution in [2.24, 2.45) is 5.10 Å². The Kier molecular flexibility index (Phi) is 6.44. The maximum absolute atomic E-state index is 13.2. The summed E-state index contributed by atoms with van der Waals surface area (Å²) in [6.07, 6.45) is -3.42. The predicted octanol–water partition coefficient (Wildman–Crippen LogP) is 5.82. The van der Waals surface area contributed by atoms with Crippen LogP contribution in [0.1, 0.15) is 11.1 Å². The molecule has 1 heterocycles. The van der Waals surface area contributed by atoms with Gasteiger partial charge in [0.25, 0.3) is 0 Å². The molecule has 33 heavy (non-hydrogen) atoms. The first-order valence-electron chi connectivity index (χ1n) is 9.83. The molecule has 0 saturated heterocycles. The van der Waals surface area contributed by atoms with E-state index >= 15 is 0 Å². The lowest BCUT2D eigenvalue weighted by Crippen LogP contribution is -2.09. The standard InChI is InChI=1S/C23H18F3N7/c24-23(25,26)19-14-8-7-9-16(19)15-27-33-22-31-20(28-17-10-3-1-4-11-17)30-21(32-22)29-18-12-5-2-6-13-18/h1-15H,(H3,28,29,30,31,32,33). The molecular weight excluding hydrogens is 431 g/mol. The maximum atomic E-state index is 13.2. The lowest BCUT2D eigenvalue weighted by molar-refractivity contribution is -0.137. The van der Waals surface area contributed by atoms with E-state index in [1.807, 2.05) is 60.7 Å². The van der Waals surface area contributed by atoms with Crippen LogP contribution in [0, 0.1) is 0 Å². The van der Waals surface area contributed by atoms with Crippen molar-refractivity contribution in [3.05, 3.63) is 96.1 Å². The molecule has 0 radical (unpaired) electrons. The van der Waals surface area contributed by atoms with Crippen LogP contribution in [-0.2, 0) is 6.18 Å². The minimum atomic E-state index is -4.49. The first kappa shape index (κ1) is 21.8. The van der Waals surface area contributed by atoms with Gasteiger partial charge in [0.1, 0.15) is 0 Å². The van der Waals surface area contributed by atoms with Crippen LogP contribution in [0.25, 0.3) is 0 Å². The molecule has 7 nitrogen and oxygen atoms in total. The number of hydrazone groups is 1. The number of alkyl halides is 3. The molecule has 0 saturated carbocycles. The molecule has 0 atom stereocenters. The van der Waals surface area contributed by atoms with Crippen molar-refractivity contribution in [3.63, 3.8) is 0 Å². The van der Waals surface area contributed by atoms with Gasteiger partial charge in [-0.3, -0.25) is 0 Å². The largest absolute Gasteiger partial charge is 0.417 e. The number of nitrogens with one attached hydrogen (secondary N) is 3. The number of aromatic nitrogens is 3. The average molecular weight is 449 g/mol. The van der Waals surface area contributed by atoms with Crippen molar-refractivity contribution in [3.8, 4) is 0 Å². The normalized spacial score (nSPS) is 11.4. The zero-order chi connectivity index (χ0) is 23.1. The lowest BCUT2D eigenvalue weighted by atomic mass is 10.1. The van der Waals surface area contributed by atoms with Gasteiger partial charge in [-0.15, -0.1) is 0 Å². The topological polar surface area (TPSA) is 87.1 Å². The van der Waals surface area contributed by atoms with Crippen LogP contribution in [0.15, 0.2) is 90.0 Å². The Morgan fingerprint density at radius 3 is 1.67 bits per heavy atom. The molecular formula is C23H18F3N7. The van der Waals surface area contributed by atoms with Crippen LogP contribution in [0.3, 0.4) is 0 Å². The third kappa shape index (κ3) is 6.03. The van der Waals surface area contributed by atoms with Gasteiger partial charge in [-0.1, -0.05) is 54.6 Å². The van der Waals surface area contributed by atoms with E-state index in [9.17, 15) is 13.2 Å². The fourth-order valence-corrected chi connectivity index (χ4v) is 2.87. The van der Waals surface area contributed by atoms with E-state index in [0.29, 0.717) is 0 Å². The zero-order valence-corrected chi connectivity index (χ0v) is 17.1. The fourth-order valence-electron chi connectivity index (χ4n) is 2.87. The molecule has 3 N–H and O–H groups in total. The molecule has 0 unspecified atom stereocenters. The molecule has 0 spiro atoms. The highest BCUT2D eigenvalue weighted by atomic mass is 19.4. The fraction of sp³-hybridized carbons (Fsp3) is 0.0435. The number of nitrogens with zero attached hydrogens (tertiary/aromatic N) is 4. The summed E-state index contributed by atoms with van der Waals surface area (Å²) in [4.78, 5) is 12.9. The molecule has 0 fully saturated rings. The van der Waals surface area contributed by atoms with Crippen LogP contribution >= 0.6 is 0 Å². The van der Waals surface area contributed by atoms with E-state index in [1.54, 1.807) is 0 Å². The van der Waals surface area contributed by atoms with Crippen LogP contribution in [-0.4, -0.2) is 21.2 Å². The summed E-state index contributed by atoms with van der Waals surface area (Å²) in [6, 6.07) is 23.7. The monoisotopic (exact) mass is 449 g/mol. The van der Waals surface area contributed by atoms with Gasteiger partial charge in [-0.05, 0) is 30.3 Å². The Morgan fingerprint density at radius 1 is 0.636 bits per heavy atom. The third-order valence-corrected chi connectivity index (χ3v) is 4.33. The number of benzene rings is 3. The number of hydrogen-bond donors (Lipinski definition) is 3. The molecule has 0 bridgehead atoms. The Hall–Kier alpha value is -4.47. The summed E-state index contributed by atoms with van der Waals surface area (Å²) in [7, 11) is 0. The molecule has 1 aromatic heterocycles. The van der Waals surface area contributed by atoms with Crippen LogP contribution < -0.4 is 16.1 Å². The minimum absolute atomic E-state index is 0.0441. The SMILES string of the molecule is FC(F)(F)c1ccccc1C=NNc1nc(Nc2ccccc2)nc(Nc2ccccc2)n1. The Labute approximate surface area is 187 Å². The number of para-hydroxylation sites is 2. The second-order valence-corrected chi connectivity index (χ2v) is 6.74. The van der Waals surface area contributed by atoms with Gasteiger partial charge < -0.3 is 10.6 Å². The van der Waals surface area contributed by atoms with E-state index < -0.39 is 11.7 Å². The summed E-state index contributed by atoms with van der Waals surface area (Å²) in [5, 5.41) is 10.0. The van der Waals surface area contributed by atoms with Crippen molar-refractivity contribution in [2.75, 3.05) is 16.1 Å². The Bertz CT molecular complexity index is 1170. The van der Waals surface area contributed by atoms with Gasteiger partial charge in [-0.2, -0.15) is 33.2 Å². The summed E-state index contributed by atoms with van der Waals surface area (Å²) in [5.41, 5.74) is 3.22. The predicted molar refractivity (Wildman–Crippen MR) is 122 cm³/mol. The number of anilines is 5. The van der Waals surface area contributed by atoms with E-state index in [2.05, 4.69) is 36.1 Å². The van der Waals surface area contributed by atoms with Gasteiger partial charge in [0.2, 0.25) is 17.8 Å². The highest BCUT2D eigenvalue weighted by Crippen LogP contribution is 2.31. The van der Waals surface area contributed by atoms with E-state index in [-0.39, 0.29) is 23.4 Å².